The van der Waals surface area contributed by atoms with E-state index in [2.05, 4.69) is 29.0 Å². The quantitative estimate of drug-likeness (QED) is 0.794. The molecule has 1 N–H and O–H groups in total. The van der Waals surface area contributed by atoms with Gasteiger partial charge in [0.15, 0.2) is 6.61 Å². The highest BCUT2D eigenvalue weighted by atomic mass is 35.5. The number of carbonyl (C=O) groups is 1. The van der Waals surface area contributed by atoms with Gasteiger partial charge in [-0.1, -0.05) is 23.2 Å². The van der Waals surface area contributed by atoms with Gasteiger partial charge in [-0.05, 0) is 44.2 Å². The topological polar surface area (TPSA) is 54.5 Å². The van der Waals surface area contributed by atoms with Gasteiger partial charge in [-0.25, -0.2) is 4.98 Å². The van der Waals surface area contributed by atoms with E-state index in [9.17, 15) is 4.79 Å². The number of hydrogen-bond donors (Lipinski definition) is 1. The molecule has 0 fully saturated rings. The number of halogens is 2. The van der Waals surface area contributed by atoms with Crippen molar-refractivity contribution in [2.75, 3.05) is 29.9 Å². The van der Waals surface area contributed by atoms with Crippen LogP contribution in [0.15, 0.2) is 36.5 Å². The third kappa shape index (κ3) is 5.01. The second-order valence-corrected chi connectivity index (χ2v) is 5.83. The van der Waals surface area contributed by atoms with E-state index in [1.54, 1.807) is 24.4 Å². The summed E-state index contributed by atoms with van der Waals surface area (Å²) >= 11 is 11.8. The summed E-state index contributed by atoms with van der Waals surface area (Å²) in [6.07, 6.45) is 1.63. The molecule has 24 heavy (non-hydrogen) atoms. The van der Waals surface area contributed by atoms with Crippen LogP contribution in [-0.4, -0.2) is 30.6 Å². The summed E-state index contributed by atoms with van der Waals surface area (Å²) in [5.74, 6) is 0.992. The molecule has 1 amide bonds. The minimum atomic E-state index is -0.293. The van der Waals surface area contributed by atoms with Crippen molar-refractivity contribution < 1.29 is 9.53 Å². The van der Waals surface area contributed by atoms with Crippen molar-refractivity contribution in [3.05, 3.63) is 46.6 Å². The summed E-state index contributed by atoms with van der Waals surface area (Å²) in [4.78, 5) is 18.4. The van der Waals surface area contributed by atoms with E-state index in [0.29, 0.717) is 21.5 Å². The van der Waals surface area contributed by atoms with Gasteiger partial charge in [-0.3, -0.25) is 4.79 Å². The lowest BCUT2D eigenvalue weighted by Gasteiger charge is -2.19. The molecule has 0 aliphatic carbocycles. The average molecular weight is 368 g/mol. The van der Waals surface area contributed by atoms with Gasteiger partial charge in [-0.2, -0.15) is 0 Å². The van der Waals surface area contributed by atoms with Gasteiger partial charge in [0, 0.05) is 18.1 Å². The number of rotatable bonds is 7. The number of amides is 1. The number of pyridine rings is 1. The Kier molecular flexibility index (Phi) is 6.70. The summed E-state index contributed by atoms with van der Waals surface area (Å²) in [5, 5.41) is 3.60. The summed E-state index contributed by atoms with van der Waals surface area (Å²) < 4.78 is 5.39. The summed E-state index contributed by atoms with van der Waals surface area (Å²) in [6.45, 7) is 5.75. The fraction of sp³-hybridized carbons (Fsp3) is 0.294. The second kappa shape index (κ2) is 8.76. The van der Waals surface area contributed by atoms with E-state index < -0.39 is 0 Å². The van der Waals surface area contributed by atoms with Gasteiger partial charge in [0.25, 0.3) is 5.91 Å². The zero-order valence-corrected chi connectivity index (χ0v) is 15.1. The van der Waals surface area contributed by atoms with E-state index in [1.165, 1.54) is 0 Å². The molecule has 0 saturated carbocycles. The Hall–Kier alpha value is -1.98. The number of nitrogens with one attached hydrogen (secondary N) is 1. The first-order chi connectivity index (χ1) is 11.5. The smallest absolute Gasteiger partial charge is 0.262 e. The highest BCUT2D eigenvalue weighted by Gasteiger charge is 2.08. The molecule has 0 spiro atoms. The minimum absolute atomic E-state index is 0.154. The predicted molar refractivity (Wildman–Crippen MR) is 98.4 cm³/mol. The molecule has 0 radical (unpaired) electrons. The number of anilines is 2. The standard InChI is InChI=1S/C17H19Cl2N3O2/c1-3-22(4-2)16-8-6-13(10-20-16)21-17(23)11-24-15-7-5-12(18)9-14(15)19/h5-10H,3-4,11H2,1-2H3,(H,21,23). The number of carbonyl (C=O) groups excluding carboxylic acids is 1. The zero-order chi connectivity index (χ0) is 17.5. The fourth-order valence-electron chi connectivity index (χ4n) is 2.13. The lowest BCUT2D eigenvalue weighted by molar-refractivity contribution is -0.118. The molecular formula is C17H19Cl2N3O2. The van der Waals surface area contributed by atoms with Crippen LogP contribution in [-0.2, 0) is 4.79 Å². The van der Waals surface area contributed by atoms with E-state index >= 15 is 0 Å². The third-order valence-electron chi connectivity index (χ3n) is 3.37. The molecule has 0 bridgehead atoms. The Bertz CT molecular complexity index is 689. The van der Waals surface area contributed by atoms with Crippen molar-refractivity contribution in [1.29, 1.82) is 0 Å². The minimum Gasteiger partial charge on any atom is -0.482 e. The highest BCUT2D eigenvalue weighted by molar-refractivity contribution is 6.35. The summed E-state index contributed by atoms with van der Waals surface area (Å²) in [5.41, 5.74) is 0.613. The maximum absolute atomic E-state index is 12.0. The normalized spacial score (nSPS) is 10.3. The van der Waals surface area contributed by atoms with Crippen molar-refractivity contribution in [3.63, 3.8) is 0 Å². The number of aromatic nitrogens is 1. The first kappa shape index (κ1) is 18.4. The zero-order valence-electron chi connectivity index (χ0n) is 13.6. The van der Waals surface area contributed by atoms with Gasteiger partial charge >= 0.3 is 0 Å². The van der Waals surface area contributed by atoms with E-state index in [4.69, 9.17) is 27.9 Å². The Morgan fingerprint density at radius 1 is 1.21 bits per heavy atom. The third-order valence-corrected chi connectivity index (χ3v) is 3.90. The molecule has 0 aliphatic rings. The fourth-order valence-corrected chi connectivity index (χ4v) is 2.59. The molecule has 5 nitrogen and oxygen atoms in total. The van der Waals surface area contributed by atoms with Crippen molar-refractivity contribution >= 4 is 40.6 Å². The number of ether oxygens (including phenoxy) is 1. The van der Waals surface area contributed by atoms with E-state index in [-0.39, 0.29) is 12.5 Å². The van der Waals surface area contributed by atoms with Crippen LogP contribution >= 0.6 is 23.2 Å². The van der Waals surface area contributed by atoms with Gasteiger partial charge in [-0.15, -0.1) is 0 Å². The van der Waals surface area contributed by atoms with Crippen LogP contribution in [0.2, 0.25) is 10.0 Å². The lowest BCUT2D eigenvalue weighted by Crippen LogP contribution is -2.23. The molecular weight excluding hydrogens is 349 g/mol. The molecule has 1 heterocycles. The van der Waals surface area contributed by atoms with Crippen molar-refractivity contribution in [2.24, 2.45) is 0 Å². The maximum atomic E-state index is 12.0. The van der Waals surface area contributed by atoms with Crippen LogP contribution in [0.4, 0.5) is 11.5 Å². The number of benzene rings is 1. The molecule has 0 unspecified atom stereocenters. The van der Waals surface area contributed by atoms with Gasteiger partial charge in [0.2, 0.25) is 0 Å². The molecule has 2 rings (SSSR count). The second-order valence-electron chi connectivity index (χ2n) is 4.99. The number of nitrogens with zero attached hydrogens (tertiary/aromatic N) is 2. The van der Waals surface area contributed by atoms with E-state index in [0.717, 1.165) is 18.9 Å². The molecule has 0 saturated heterocycles. The SMILES string of the molecule is CCN(CC)c1ccc(NC(=O)COc2ccc(Cl)cc2Cl)cn1. The molecule has 1 aromatic carbocycles. The largest absolute Gasteiger partial charge is 0.482 e. The van der Waals surface area contributed by atoms with Gasteiger partial charge in [0.1, 0.15) is 11.6 Å². The van der Waals surface area contributed by atoms with Crippen LogP contribution in [0.3, 0.4) is 0 Å². The molecule has 0 atom stereocenters. The Morgan fingerprint density at radius 2 is 1.96 bits per heavy atom. The molecule has 7 heteroatoms. The van der Waals surface area contributed by atoms with Crippen LogP contribution in [0, 0.1) is 0 Å². The Morgan fingerprint density at radius 3 is 2.54 bits per heavy atom. The molecule has 2 aromatic rings. The highest BCUT2D eigenvalue weighted by Crippen LogP contribution is 2.27. The summed E-state index contributed by atoms with van der Waals surface area (Å²) in [7, 11) is 0. The van der Waals surface area contributed by atoms with Crippen LogP contribution in [0.25, 0.3) is 0 Å². The Balaban J connectivity index is 1.90. The molecule has 0 aliphatic heterocycles. The van der Waals surface area contributed by atoms with Crippen LogP contribution < -0.4 is 15.0 Å². The molecule has 1 aromatic heterocycles. The maximum Gasteiger partial charge on any atom is 0.262 e. The first-order valence-electron chi connectivity index (χ1n) is 7.62. The first-order valence-corrected chi connectivity index (χ1v) is 8.37. The van der Waals surface area contributed by atoms with Crippen molar-refractivity contribution in [3.8, 4) is 5.75 Å². The number of hydrogen-bond acceptors (Lipinski definition) is 4. The lowest BCUT2D eigenvalue weighted by atomic mass is 10.3. The predicted octanol–water partition coefficient (Wildman–Crippen LogP) is 4.25. The van der Waals surface area contributed by atoms with Crippen molar-refractivity contribution in [2.45, 2.75) is 13.8 Å². The van der Waals surface area contributed by atoms with E-state index in [1.807, 2.05) is 12.1 Å². The van der Waals surface area contributed by atoms with Gasteiger partial charge in [0.05, 0.1) is 16.9 Å². The van der Waals surface area contributed by atoms with Crippen LogP contribution in [0.1, 0.15) is 13.8 Å². The average Bonchev–Trinajstić information content (AvgIpc) is 2.56. The Labute approximate surface area is 151 Å². The van der Waals surface area contributed by atoms with Crippen LogP contribution in [0.5, 0.6) is 5.75 Å². The summed E-state index contributed by atoms with van der Waals surface area (Å²) in [6, 6.07) is 8.52. The van der Waals surface area contributed by atoms with Crippen molar-refractivity contribution in [1.82, 2.24) is 4.98 Å². The monoisotopic (exact) mass is 367 g/mol. The molecule has 128 valence electrons. The van der Waals surface area contributed by atoms with Gasteiger partial charge < -0.3 is 15.0 Å².